The first-order valence-corrected chi connectivity index (χ1v) is 20.3. The maximum absolute atomic E-state index is 12.3. The Balaban J connectivity index is 0.000000169. The number of nitrogens with one attached hydrogen (secondary N) is 3. The lowest BCUT2D eigenvalue weighted by Gasteiger charge is -2.08. The summed E-state index contributed by atoms with van der Waals surface area (Å²) in [5.74, 6) is 0.972. The molecule has 0 unspecified atom stereocenters. The van der Waals surface area contributed by atoms with Gasteiger partial charge in [-0.25, -0.2) is 0 Å². The van der Waals surface area contributed by atoms with E-state index in [1.54, 1.807) is 48.9 Å². The third-order valence-corrected chi connectivity index (χ3v) is 9.77. The van der Waals surface area contributed by atoms with Crippen LogP contribution in [0.3, 0.4) is 0 Å². The number of nitrogens with two attached hydrogens (primary N) is 1. The van der Waals surface area contributed by atoms with Crippen LogP contribution in [0.4, 0.5) is 22.7 Å². The van der Waals surface area contributed by atoms with Gasteiger partial charge in [0, 0.05) is 29.1 Å². The standard InChI is InChI=1S/C19H13Cl2NO2.C11H9Cl2NO2.C11H11NO3.C6H7NO2/c20-16-10-15(11-17(21)18(16)23)22-19(24)14-8-6-13(7-9-14)12-4-2-1-3-5-12;12-9-4-7(5-10(13)11(9)15)14-6-8-2-1-3-16-8;13-8-3-4-10(11(14)6-8)12-7-9-2-1-5-15-9;7-5-2-1-4(8)3-6(5)9/h1-11,23H,(H,22,24);1-5,14-15H,6H2;1-6,12-14H,7H2;1-3,8-9H,7H2. The molecule has 0 saturated carbocycles. The minimum absolute atomic E-state index is 0.0153. The maximum atomic E-state index is 12.3. The van der Waals surface area contributed by atoms with Gasteiger partial charge in [-0.15, -0.1) is 0 Å². The molecule has 11 N–H and O–H groups in total. The molecule has 0 aliphatic heterocycles. The number of phenols is 6. The fraction of sp³-hybridized carbons (Fsp3) is 0.0426. The summed E-state index contributed by atoms with van der Waals surface area (Å²) in [7, 11) is 0. The molecule has 0 bridgehead atoms. The van der Waals surface area contributed by atoms with E-state index in [1.165, 1.54) is 42.5 Å². The van der Waals surface area contributed by atoms with Crippen molar-refractivity contribution in [1.29, 1.82) is 0 Å². The van der Waals surface area contributed by atoms with Crippen molar-refractivity contribution < 1.29 is 44.3 Å². The minimum Gasteiger partial charge on any atom is -0.508 e. The highest BCUT2D eigenvalue weighted by molar-refractivity contribution is 6.38. The van der Waals surface area contributed by atoms with Gasteiger partial charge in [-0.2, -0.15) is 0 Å². The second-order valence-corrected chi connectivity index (χ2v) is 14.9. The Hall–Kier alpha value is -7.29. The Morgan fingerprint density at radius 3 is 1.48 bits per heavy atom. The summed E-state index contributed by atoms with van der Waals surface area (Å²) in [6.07, 6.45) is 3.20. The van der Waals surface area contributed by atoms with Crippen molar-refractivity contribution in [2.45, 2.75) is 13.1 Å². The number of furan rings is 2. The molecule has 13 nitrogen and oxygen atoms in total. The summed E-state index contributed by atoms with van der Waals surface area (Å²) in [5, 5.41) is 64.4. The number of hydrogen-bond acceptors (Lipinski definition) is 12. The molecule has 1 amide bonds. The summed E-state index contributed by atoms with van der Waals surface area (Å²) >= 11 is 23.3. The van der Waals surface area contributed by atoms with Crippen LogP contribution < -0.4 is 21.7 Å². The van der Waals surface area contributed by atoms with Crippen molar-refractivity contribution in [1.82, 2.24) is 0 Å². The van der Waals surface area contributed by atoms with Crippen molar-refractivity contribution in [2.24, 2.45) is 0 Å². The lowest BCUT2D eigenvalue weighted by atomic mass is 10.0. The molecule has 8 aromatic rings. The molecule has 17 heteroatoms. The highest BCUT2D eigenvalue weighted by atomic mass is 35.5. The van der Waals surface area contributed by atoms with Crippen molar-refractivity contribution in [3.63, 3.8) is 0 Å². The summed E-state index contributed by atoms with van der Waals surface area (Å²) in [5.41, 5.74) is 9.83. The summed E-state index contributed by atoms with van der Waals surface area (Å²) in [6, 6.07) is 39.0. The van der Waals surface area contributed by atoms with Crippen LogP contribution in [0.15, 0.2) is 161 Å². The van der Waals surface area contributed by atoms with Crippen molar-refractivity contribution >= 4 is 75.1 Å². The molecule has 2 heterocycles. The third kappa shape index (κ3) is 14.4. The Morgan fingerprint density at radius 2 is 1.00 bits per heavy atom. The predicted octanol–water partition coefficient (Wildman–Crippen LogP) is 12.5. The van der Waals surface area contributed by atoms with E-state index in [1.807, 2.05) is 60.7 Å². The highest BCUT2D eigenvalue weighted by Gasteiger charge is 2.12. The van der Waals surface area contributed by atoms with Crippen LogP contribution >= 0.6 is 46.4 Å². The highest BCUT2D eigenvalue weighted by Crippen LogP contribution is 2.36. The zero-order chi connectivity index (χ0) is 46.2. The number of aromatic hydroxyl groups is 6. The van der Waals surface area contributed by atoms with Crippen molar-refractivity contribution in [2.75, 3.05) is 21.7 Å². The molecule has 0 saturated heterocycles. The van der Waals surface area contributed by atoms with Gasteiger partial charge >= 0.3 is 0 Å². The zero-order valence-electron chi connectivity index (χ0n) is 33.3. The van der Waals surface area contributed by atoms with E-state index in [4.69, 9.17) is 76.3 Å². The smallest absolute Gasteiger partial charge is 0.255 e. The first-order valence-electron chi connectivity index (χ1n) is 18.8. The Bertz CT molecular complexity index is 2690. The minimum atomic E-state index is -0.285. The molecule has 8 rings (SSSR count). The SMILES string of the molecule is Nc1ccc(O)cc1O.O=C(Nc1cc(Cl)c(O)c(Cl)c1)c1ccc(-c2ccccc2)cc1.Oc1c(Cl)cc(NCc2ccco2)cc1Cl.Oc1ccc(NCc2ccco2)c(O)c1. The largest absolute Gasteiger partial charge is 0.508 e. The molecule has 6 aromatic carbocycles. The number of nitrogen functional groups attached to an aromatic ring is 1. The molecule has 64 heavy (non-hydrogen) atoms. The summed E-state index contributed by atoms with van der Waals surface area (Å²) in [4.78, 5) is 12.3. The lowest BCUT2D eigenvalue weighted by Crippen LogP contribution is -2.11. The Labute approximate surface area is 387 Å². The topological polar surface area (TPSA) is 227 Å². The van der Waals surface area contributed by atoms with Gasteiger partial charge in [0.1, 0.15) is 34.5 Å². The van der Waals surface area contributed by atoms with E-state index in [0.29, 0.717) is 30.0 Å². The van der Waals surface area contributed by atoms with Gasteiger partial charge in [0.2, 0.25) is 0 Å². The van der Waals surface area contributed by atoms with Gasteiger partial charge in [0.05, 0.1) is 57.1 Å². The van der Waals surface area contributed by atoms with Crippen LogP contribution in [0.2, 0.25) is 20.1 Å². The number of benzene rings is 6. The van der Waals surface area contributed by atoms with Crippen LogP contribution in [0, 0.1) is 0 Å². The lowest BCUT2D eigenvalue weighted by molar-refractivity contribution is 0.102. The summed E-state index contributed by atoms with van der Waals surface area (Å²) in [6.45, 7) is 1.02. The van der Waals surface area contributed by atoms with Gasteiger partial charge in [-0.05, 0) is 96.1 Å². The van der Waals surface area contributed by atoms with E-state index >= 15 is 0 Å². The Morgan fingerprint density at radius 1 is 0.516 bits per heavy atom. The van der Waals surface area contributed by atoms with E-state index < -0.39 is 0 Å². The normalized spacial score (nSPS) is 10.2. The van der Waals surface area contributed by atoms with E-state index in [-0.39, 0.29) is 66.2 Å². The average Bonchev–Trinajstić information content (AvgIpc) is 4.02. The summed E-state index contributed by atoms with van der Waals surface area (Å²) < 4.78 is 10.3. The number of carbonyl (C=O) groups excluding carboxylic acids is 1. The molecule has 0 radical (unpaired) electrons. The molecule has 0 atom stereocenters. The number of carbonyl (C=O) groups is 1. The maximum Gasteiger partial charge on any atom is 0.255 e. The number of anilines is 4. The van der Waals surface area contributed by atoms with E-state index in [0.717, 1.165) is 28.3 Å². The molecular formula is C47H40Cl4N4O9. The van der Waals surface area contributed by atoms with Gasteiger partial charge in [0.25, 0.3) is 5.91 Å². The average molecular weight is 947 g/mol. The van der Waals surface area contributed by atoms with Gasteiger partial charge in [-0.1, -0.05) is 88.9 Å². The fourth-order valence-corrected chi connectivity index (χ4v) is 6.33. The van der Waals surface area contributed by atoms with Gasteiger partial charge in [-0.3, -0.25) is 4.79 Å². The molecule has 0 aliphatic rings. The zero-order valence-corrected chi connectivity index (χ0v) is 36.4. The van der Waals surface area contributed by atoms with E-state index in [9.17, 15) is 20.1 Å². The second kappa shape index (κ2) is 23.2. The number of rotatable bonds is 9. The molecular weight excluding hydrogens is 906 g/mol. The second-order valence-electron chi connectivity index (χ2n) is 13.3. The van der Waals surface area contributed by atoms with Gasteiger partial charge in [0.15, 0.2) is 11.5 Å². The monoisotopic (exact) mass is 944 g/mol. The number of amides is 1. The number of halogens is 4. The number of hydrogen-bond donors (Lipinski definition) is 10. The quantitative estimate of drug-likeness (QED) is 0.0370. The third-order valence-electron chi connectivity index (χ3n) is 8.62. The Kier molecular flexibility index (Phi) is 17.3. The first-order chi connectivity index (χ1) is 30.7. The van der Waals surface area contributed by atoms with Crippen LogP contribution in [-0.2, 0) is 13.1 Å². The fourth-order valence-electron chi connectivity index (χ4n) is 5.35. The predicted molar refractivity (Wildman–Crippen MR) is 252 cm³/mol. The van der Waals surface area contributed by atoms with Gasteiger partial charge < -0.3 is 61.2 Å². The van der Waals surface area contributed by atoms with Crippen molar-refractivity contribution in [3.05, 3.63) is 189 Å². The van der Waals surface area contributed by atoms with Crippen LogP contribution in [0.1, 0.15) is 21.9 Å². The van der Waals surface area contributed by atoms with Crippen molar-refractivity contribution in [3.8, 4) is 45.6 Å². The molecule has 0 aliphatic carbocycles. The molecule has 330 valence electrons. The van der Waals surface area contributed by atoms with Crippen LogP contribution in [0.25, 0.3) is 11.1 Å². The first kappa shape index (κ1) is 47.8. The van der Waals surface area contributed by atoms with Crippen LogP contribution in [-0.4, -0.2) is 36.5 Å². The molecule has 2 aromatic heterocycles. The molecule has 0 spiro atoms. The molecule has 0 fully saturated rings. The number of phenolic OH excluding ortho intramolecular Hbond substituents is 6. The van der Waals surface area contributed by atoms with E-state index in [2.05, 4.69) is 16.0 Å². The van der Waals surface area contributed by atoms with Crippen LogP contribution in [0.5, 0.6) is 34.5 Å².